The quantitative estimate of drug-likeness (QED) is 0.353. The Morgan fingerprint density at radius 3 is 2.45 bits per heavy atom. The van der Waals surface area contributed by atoms with Crippen molar-refractivity contribution in [3.05, 3.63) is 88.3 Å². The largest absolute Gasteiger partial charge is 0.207 e. The minimum Gasteiger partial charge on any atom is -0.207 e. The van der Waals surface area contributed by atoms with Gasteiger partial charge in [-0.15, -0.1) is 0 Å². The molecule has 0 aliphatic heterocycles. The van der Waals surface area contributed by atoms with Gasteiger partial charge >= 0.3 is 0 Å². The second-order valence-corrected chi connectivity index (χ2v) is 8.59. The van der Waals surface area contributed by atoms with E-state index in [1.807, 2.05) is 32.1 Å². The van der Waals surface area contributed by atoms with Crippen molar-refractivity contribution in [1.29, 1.82) is 0 Å². The molecule has 0 nitrogen and oxygen atoms in total. The van der Waals surface area contributed by atoms with E-state index in [-0.39, 0.29) is 5.82 Å². The summed E-state index contributed by atoms with van der Waals surface area (Å²) in [6.07, 6.45) is 13.4. The first-order valence-electron chi connectivity index (χ1n) is 11.6. The number of allylic oxidation sites excluding steroid dienone is 4. The molecule has 0 bridgehead atoms. The van der Waals surface area contributed by atoms with Crippen LogP contribution in [-0.2, 0) is 19.3 Å². The third kappa shape index (κ3) is 6.12. The van der Waals surface area contributed by atoms with Gasteiger partial charge in [-0.3, -0.25) is 0 Å². The first-order chi connectivity index (χ1) is 15.0. The number of hydrogen-bond donors (Lipinski definition) is 0. The van der Waals surface area contributed by atoms with Crippen molar-refractivity contribution in [2.24, 2.45) is 5.92 Å². The second-order valence-electron chi connectivity index (χ2n) is 8.59. The van der Waals surface area contributed by atoms with Gasteiger partial charge in [0.25, 0.3) is 0 Å². The van der Waals surface area contributed by atoms with E-state index in [1.54, 1.807) is 18.2 Å². The van der Waals surface area contributed by atoms with E-state index >= 15 is 0 Å². The Labute approximate surface area is 184 Å². The molecule has 2 aromatic rings. The van der Waals surface area contributed by atoms with E-state index in [0.29, 0.717) is 23.5 Å². The molecular formula is C28H33F3. The van der Waals surface area contributed by atoms with Crippen molar-refractivity contribution in [2.45, 2.75) is 71.6 Å². The highest BCUT2D eigenvalue weighted by Gasteiger charge is 2.20. The molecule has 0 radical (unpaired) electrons. The molecule has 166 valence electrons. The smallest absolute Gasteiger partial charge is 0.166 e. The standard InChI is InChI=1S/C28H33F3/c1-3-5-6-8-23-16-13-21(19-26(23)29)10-9-20-11-14-22(15-12-20)25-18-17-24(7-4-2)27(30)28(25)31/h3,5,13-14,16-20H,4,6-12,15H2,1-2H3/b5-3+. The maximum Gasteiger partial charge on any atom is 0.166 e. The highest BCUT2D eigenvalue weighted by molar-refractivity contribution is 5.67. The molecule has 0 saturated heterocycles. The van der Waals surface area contributed by atoms with E-state index < -0.39 is 11.6 Å². The third-order valence-electron chi connectivity index (χ3n) is 6.32. The Morgan fingerprint density at radius 2 is 1.77 bits per heavy atom. The number of benzene rings is 2. The van der Waals surface area contributed by atoms with Crippen LogP contribution in [0.15, 0.2) is 48.6 Å². The van der Waals surface area contributed by atoms with Crippen LogP contribution in [0.1, 0.15) is 74.6 Å². The van der Waals surface area contributed by atoms with Crippen LogP contribution in [0.5, 0.6) is 0 Å². The van der Waals surface area contributed by atoms with Crippen molar-refractivity contribution >= 4 is 5.57 Å². The van der Waals surface area contributed by atoms with Crippen LogP contribution in [-0.4, -0.2) is 0 Å². The van der Waals surface area contributed by atoms with Gasteiger partial charge < -0.3 is 0 Å². The van der Waals surface area contributed by atoms with Crippen LogP contribution in [0, 0.1) is 23.4 Å². The lowest BCUT2D eigenvalue weighted by atomic mass is 9.83. The molecule has 1 unspecified atom stereocenters. The van der Waals surface area contributed by atoms with Crippen LogP contribution in [0.25, 0.3) is 5.57 Å². The molecule has 1 aliphatic carbocycles. The van der Waals surface area contributed by atoms with Gasteiger partial charge in [0, 0.05) is 5.56 Å². The molecule has 0 amide bonds. The van der Waals surface area contributed by atoms with Crippen LogP contribution in [0.3, 0.4) is 0 Å². The molecule has 0 fully saturated rings. The Bertz CT molecular complexity index is 940. The van der Waals surface area contributed by atoms with Crippen molar-refractivity contribution in [3.8, 4) is 0 Å². The summed E-state index contributed by atoms with van der Waals surface area (Å²) in [7, 11) is 0. The van der Waals surface area contributed by atoms with Gasteiger partial charge in [0.15, 0.2) is 11.6 Å². The molecule has 2 aromatic carbocycles. The summed E-state index contributed by atoms with van der Waals surface area (Å²) in [6.45, 7) is 3.93. The summed E-state index contributed by atoms with van der Waals surface area (Å²) < 4.78 is 43.2. The molecular weight excluding hydrogens is 393 g/mol. The van der Waals surface area contributed by atoms with E-state index in [4.69, 9.17) is 0 Å². The Balaban J connectivity index is 1.56. The Morgan fingerprint density at radius 1 is 0.968 bits per heavy atom. The van der Waals surface area contributed by atoms with Crippen LogP contribution in [0.2, 0.25) is 0 Å². The summed E-state index contributed by atoms with van der Waals surface area (Å²) in [5, 5.41) is 0. The number of aryl methyl sites for hydroxylation is 3. The maximum absolute atomic E-state index is 14.5. The van der Waals surface area contributed by atoms with Gasteiger partial charge in [-0.2, -0.15) is 0 Å². The van der Waals surface area contributed by atoms with E-state index in [0.717, 1.165) is 68.1 Å². The predicted molar refractivity (Wildman–Crippen MR) is 124 cm³/mol. The summed E-state index contributed by atoms with van der Waals surface area (Å²) in [5.74, 6) is -1.02. The van der Waals surface area contributed by atoms with Gasteiger partial charge in [0.2, 0.25) is 0 Å². The van der Waals surface area contributed by atoms with Crippen molar-refractivity contribution in [2.75, 3.05) is 0 Å². The van der Waals surface area contributed by atoms with Gasteiger partial charge in [-0.05, 0) is 92.5 Å². The Hall–Kier alpha value is -2.29. The average molecular weight is 427 g/mol. The molecule has 31 heavy (non-hydrogen) atoms. The summed E-state index contributed by atoms with van der Waals surface area (Å²) in [6, 6.07) is 9.07. The fourth-order valence-corrected chi connectivity index (χ4v) is 4.42. The monoisotopic (exact) mass is 426 g/mol. The molecule has 0 spiro atoms. The van der Waals surface area contributed by atoms with E-state index in [9.17, 15) is 13.2 Å². The second kappa shape index (κ2) is 11.4. The maximum atomic E-state index is 14.5. The minimum atomic E-state index is -0.708. The first-order valence-corrected chi connectivity index (χ1v) is 11.6. The molecule has 3 rings (SSSR count). The van der Waals surface area contributed by atoms with E-state index in [1.165, 1.54) is 0 Å². The minimum absolute atomic E-state index is 0.114. The number of hydrogen-bond acceptors (Lipinski definition) is 0. The van der Waals surface area contributed by atoms with Crippen molar-refractivity contribution in [1.82, 2.24) is 0 Å². The van der Waals surface area contributed by atoms with Crippen molar-refractivity contribution in [3.63, 3.8) is 0 Å². The fourth-order valence-electron chi connectivity index (χ4n) is 4.42. The van der Waals surface area contributed by atoms with Crippen LogP contribution in [0.4, 0.5) is 13.2 Å². The molecule has 0 saturated carbocycles. The van der Waals surface area contributed by atoms with Gasteiger partial charge in [-0.1, -0.05) is 55.8 Å². The van der Waals surface area contributed by atoms with Crippen LogP contribution < -0.4 is 0 Å². The molecule has 3 heteroatoms. The van der Waals surface area contributed by atoms with E-state index in [2.05, 4.69) is 12.2 Å². The molecule has 0 aromatic heterocycles. The summed E-state index contributed by atoms with van der Waals surface area (Å²) in [5.41, 5.74) is 3.57. The SMILES string of the molecule is C/C=C/CCc1ccc(CCC2CC=C(c3ccc(CCC)c(F)c3F)CC2)cc1F. The lowest BCUT2D eigenvalue weighted by Gasteiger charge is -2.23. The zero-order valence-corrected chi connectivity index (χ0v) is 18.7. The molecule has 0 heterocycles. The lowest BCUT2D eigenvalue weighted by Crippen LogP contribution is -2.08. The molecule has 0 N–H and O–H groups in total. The predicted octanol–water partition coefficient (Wildman–Crippen LogP) is 8.38. The highest BCUT2D eigenvalue weighted by atomic mass is 19.2. The first kappa shape index (κ1) is 23.4. The normalized spacial score (nSPS) is 16.7. The van der Waals surface area contributed by atoms with Gasteiger partial charge in [-0.25, -0.2) is 13.2 Å². The number of halogens is 3. The number of rotatable bonds is 9. The Kier molecular flexibility index (Phi) is 8.57. The van der Waals surface area contributed by atoms with Gasteiger partial charge in [0.1, 0.15) is 5.82 Å². The highest BCUT2D eigenvalue weighted by Crippen LogP contribution is 2.34. The van der Waals surface area contributed by atoms with Crippen molar-refractivity contribution < 1.29 is 13.2 Å². The zero-order valence-electron chi connectivity index (χ0n) is 18.7. The lowest BCUT2D eigenvalue weighted by molar-refractivity contribution is 0.448. The zero-order chi connectivity index (χ0) is 22.2. The third-order valence-corrected chi connectivity index (χ3v) is 6.32. The van der Waals surface area contributed by atoms with Gasteiger partial charge in [0.05, 0.1) is 0 Å². The summed E-state index contributed by atoms with van der Waals surface area (Å²) in [4.78, 5) is 0. The molecule has 1 aliphatic rings. The molecule has 1 atom stereocenters. The fraction of sp³-hybridized carbons (Fsp3) is 0.429. The summed E-state index contributed by atoms with van der Waals surface area (Å²) >= 11 is 0. The topological polar surface area (TPSA) is 0 Å². The average Bonchev–Trinajstić information content (AvgIpc) is 2.78. The van der Waals surface area contributed by atoms with Crippen LogP contribution >= 0.6 is 0 Å².